The van der Waals surface area contributed by atoms with Crippen molar-refractivity contribution in [1.29, 1.82) is 0 Å². The molecular formula is C42H55BrF2N4O6. The van der Waals surface area contributed by atoms with E-state index in [2.05, 4.69) is 29.8 Å². The minimum absolute atomic E-state index is 0.0177. The standard InChI is InChI=1S/C21H28BrFN2O3.C21H27FN2O3/c1-14-10-12-25(20(27)28-21(3,4)5)18(14)7-6-11-24(15(2)26)19-13-16(23)8-9-17(19)22;1-13-8-9-23(20(26)27-21(3,4)5)18(13)10-15-12-24(14(2)25)19-11-16(22)6-7-17(15)19/h6-9,13-14,18H,10-12H2,1-5H3;6-7,11-13,18H,8-10H2,1-5H3/b7-6+;/t14-,18+;13-,18+/m00/s1. The summed E-state index contributed by atoms with van der Waals surface area (Å²) in [5.74, 6) is -0.544. The fraction of sp³-hybridized carbons (Fsp3) is 0.524. The highest BCUT2D eigenvalue weighted by atomic mass is 79.9. The van der Waals surface area contributed by atoms with Crippen LogP contribution in [0.4, 0.5) is 24.1 Å². The van der Waals surface area contributed by atoms with Gasteiger partial charge in [-0.05, 0) is 131 Å². The number of hydrogen-bond acceptors (Lipinski definition) is 6. The average molecular weight is 830 g/mol. The maximum atomic E-state index is 13.7. The van der Waals surface area contributed by atoms with E-state index in [0.717, 1.165) is 23.8 Å². The predicted molar refractivity (Wildman–Crippen MR) is 214 cm³/mol. The molecule has 2 saturated heterocycles. The molecule has 0 bridgehead atoms. The molecular weight excluding hydrogens is 774 g/mol. The van der Waals surface area contributed by atoms with Crippen LogP contribution < -0.4 is 4.90 Å². The Bertz CT molecular complexity index is 1920. The van der Waals surface area contributed by atoms with Crippen LogP contribution in [0.5, 0.6) is 0 Å². The van der Waals surface area contributed by atoms with Crippen molar-refractivity contribution in [3.63, 3.8) is 0 Å². The molecule has 3 amide bonds. The molecule has 0 unspecified atom stereocenters. The van der Waals surface area contributed by atoms with E-state index >= 15 is 0 Å². The number of rotatable bonds is 6. The Morgan fingerprint density at radius 3 is 2.02 bits per heavy atom. The third-order valence-corrected chi connectivity index (χ3v) is 10.4. The first-order chi connectivity index (χ1) is 25.6. The van der Waals surface area contributed by atoms with Gasteiger partial charge in [-0.2, -0.15) is 0 Å². The second-order valence-electron chi connectivity index (χ2n) is 16.5. The predicted octanol–water partition coefficient (Wildman–Crippen LogP) is 9.77. The lowest BCUT2D eigenvalue weighted by molar-refractivity contribution is -0.116. The van der Waals surface area contributed by atoms with E-state index in [1.54, 1.807) is 28.1 Å². The summed E-state index contributed by atoms with van der Waals surface area (Å²) < 4.78 is 40.5. The highest BCUT2D eigenvalue weighted by Gasteiger charge is 2.38. The van der Waals surface area contributed by atoms with Gasteiger partial charge in [-0.25, -0.2) is 18.4 Å². The minimum Gasteiger partial charge on any atom is -0.444 e. The fourth-order valence-corrected chi connectivity index (χ4v) is 7.44. The van der Waals surface area contributed by atoms with Crippen molar-refractivity contribution >= 4 is 56.5 Å². The highest BCUT2D eigenvalue weighted by molar-refractivity contribution is 9.10. The molecule has 2 aliphatic rings. The van der Waals surface area contributed by atoms with E-state index in [4.69, 9.17) is 9.47 Å². The molecule has 4 atom stereocenters. The van der Waals surface area contributed by atoms with Crippen molar-refractivity contribution in [2.24, 2.45) is 11.8 Å². The summed E-state index contributed by atoms with van der Waals surface area (Å²) in [7, 11) is 0. The molecule has 10 nitrogen and oxygen atoms in total. The first-order valence-corrected chi connectivity index (χ1v) is 19.5. The maximum absolute atomic E-state index is 13.7. The molecule has 0 saturated carbocycles. The molecule has 2 aromatic carbocycles. The van der Waals surface area contributed by atoms with Gasteiger partial charge in [0.15, 0.2) is 0 Å². The Morgan fingerprint density at radius 2 is 1.42 bits per heavy atom. The quantitative estimate of drug-likeness (QED) is 0.230. The van der Waals surface area contributed by atoms with Gasteiger partial charge in [-0.3, -0.25) is 14.2 Å². The Kier molecular flexibility index (Phi) is 14.0. The number of nitrogens with zero attached hydrogens (tertiary/aromatic N) is 4. The van der Waals surface area contributed by atoms with E-state index < -0.39 is 17.0 Å². The van der Waals surface area contributed by atoms with Gasteiger partial charge >= 0.3 is 12.2 Å². The number of carbonyl (C=O) groups is 4. The fourth-order valence-electron chi connectivity index (χ4n) is 6.98. The van der Waals surface area contributed by atoms with E-state index in [-0.39, 0.29) is 54.4 Å². The van der Waals surface area contributed by atoms with Crippen LogP contribution in [-0.2, 0) is 20.7 Å². The topological polar surface area (TPSA) is 101 Å². The second-order valence-corrected chi connectivity index (χ2v) is 17.4. The van der Waals surface area contributed by atoms with Gasteiger partial charge in [0.05, 0.1) is 17.2 Å². The molecule has 2 fully saturated rings. The molecule has 0 N–H and O–H groups in total. The van der Waals surface area contributed by atoms with Crippen molar-refractivity contribution < 1.29 is 37.4 Å². The monoisotopic (exact) mass is 828 g/mol. The smallest absolute Gasteiger partial charge is 0.410 e. The first kappa shape index (κ1) is 43.5. The summed E-state index contributed by atoms with van der Waals surface area (Å²) in [6.45, 7) is 19.8. The third kappa shape index (κ3) is 11.4. The Balaban J connectivity index is 0.000000245. The van der Waals surface area contributed by atoms with Gasteiger partial charge in [0.2, 0.25) is 11.8 Å². The van der Waals surface area contributed by atoms with Crippen molar-refractivity contribution in [2.75, 3.05) is 24.5 Å². The molecule has 55 heavy (non-hydrogen) atoms. The van der Waals surface area contributed by atoms with E-state index in [9.17, 15) is 28.0 Å². The molecule has 300 valence electrons. The molecule has 3 aromatic rings. The van der Waals surface area contributed by atoms with Gasteiger partial charge in [0, 0.05) is 55.6 Å². The zero-order valence-corrected chi connectivity index (χ0v) is 35.2. The minimum atomic E-state index is -0.549. The summed E-state index contributed by atoms with van der Waals surface area (Å²) in [5, 5.41) is 0.842. The van der Waals surface area contributed by atoms with Gasteiger partial charge in [0.1, 0.15) is 22.8 Å². The Hall–Kier alpha value is -4.26. The second kappa shape index (κ2) is 17.7. The Labute approximate surface area is 331 Å². The molecule has 0 spiro atoms. The molecule has 0 aliphatic carbocycles. The molecule has 3 heterocycles. The SMILES string of the molecule is CC(=O)N(C/C=C/[C@@H]1[C@@H](C)CCN1C(=O)OC(C)(C)C)c1cc(F)ccc1Br.CC(=O)n1cc(C[C@@H]2[C@@H](C)CCN2C(=O)OC(C)(C)C)c2ccc(F)cc21. The van der Waals surface area contributed by atoms with Crippen molar-refractivity contribution in [2.45, 2.75) is 112 Å². The average Bonchev–Trinajstić information content (AvgIpc) is 3.74. The zero-order valence-electron chi connectivity index (χ0n) is 33.6. The summed E-state index contributed by atoms with van der Waals surface area (Å²) in [5.41, 5.74) is 0.877. The van der Waals surface area contributed by atoms with Crippen LogP contribution in [0.1, 0.15) is 92.4 Å². The normalized spacial score (nSPS) is 20.1. The number of halogens is 3. The lowest BCUT2D eigenvalue weighted by atomic mass is 9.95. The number of aromatic nitrogens is 1. The number of ether oxygens (including phenoxy) is 2. The summed E-state index contributed by atoms with van der Waals surface area (Å²) in [6, 6.07) is 8.61. The van der Waals surface area contributed by atoms with Gasteiger partial charge < -0.3 is 24.2 Å². The van der Waals surface area contributed by atoms with Crippen LogP contribution in [0.3, 0.4) is 0 Å². The molecule has 5 rings (SSSR count). The number of fused-ring (bicyclic) bond motifs is 1. The van der Waals surface area contributed by atoms with Crippen LogP contribution in [-0.4, -0.2) is 81.3 Å². The van der Waals surface area contributed by atoms with Crippen molar-refractivity contribution in [3.8, 4) is 0 Å². The van der Waals surface area contributed by atoms with E-state index in [1.807, 2.05) is 53.7 Å². The van der Waals surface area contributed by atoms with Crippen molar-refractivity contribution in [3.05, 3.63) is 76.4 Å². The van der Waals surface area contributed by atoms with E-state index in [0.29, 0.717) is 41.1 Å². The molecule has 2 aliphatic heterocycles. The number of benzene rings is 2. The van der Waals surface area contributed by atoms with Crippen LogP contribution in [0.15, 0.2) is 59.2 Å². The number of likely N-dealkylation sites (tertiary alicyclic amines) is 2. The first-order valence-electron chi connectivity index (χ1n) is 18.8. The summed E-state index contributed by atoms with van der Waals surface area (Å²) >= 11 is 3.37. The zero-order chi connectivity index (χ0) is 41.0. The van der Waals surface area contributed by atoms with Crippen LogP contribution in [0, 0.1) is 23.5 Å². The number of carbonyl (C=O) groups excluding carboxylic acids is 4. The third-order valence-electron chi connectivity index (χ3n) is 9.73. The van der Waals surface area contributed by atoms with Gasteiger partial charge in [0.25, 0.3) is 0 Å². The lowest BCUT2D eigenvalue weighted by Gasteiger charge is -2.30. The Morgan fingerprint density at radius 1 is 0.855 bits per heavy atom. The van der Waals surface area contributed by atoms with Crippen LogP contribution in [0.2, 0.25) is 0 Å². The largest absolute Gasteiger partial charge is 0.444 e. The van der Waals surface area contributed by atoms with Crippen LogP contribution in [0.25, 0.3) is 10.9 Å². The van der Waals surface area contributed by atoms with Gasteiger partial charge in [-0.1, -0.05) is 26.0 Å². The summed E-state index contributed by atoms with van der Waals surface area (Å²) in [6.07, 6.45) is 7.31. The molecule has 0 radical (unpaired) electrons. The molecule has 1 aromatic heterocycles. The van der Waals surface area contributed by atoms with Crippen LogP contribution >= 0.6 is 15.9 Å². The number of hydrogen-bond donors (Lipinski definition) is 0. The maximum Gasteiger partial charge on any atom is 0.410 e. The van der Waals surface area contributed by atoms with E-state index in [1.165, 1.54) is 47.6 Å². The van der Waals surface area contributed by atoms with Gasteiger partial charge in [-0.15, -0.1) is 0 Å². The number of amides is 3. The summed E-state index contributed by atoms with van der Waals surface area (Å²) in [4.78, 5) is 54.2. The number of anilines is 1. The highest BCUT2D eigenvalue weighted by Crippen LogP contribution is 2.33. The van der Waals surface area contributed by atoms with Crippen molar-refractivity contribution in [1.82, 2.24) is 14.4 Å². The lowest BCUT2D eigenvalue weighted by Crippen LogP contribution is -2.42. The molecule has 13 heteroatoms.